The van der Waals surface area contributed by atoms with Crippen LogP contribution in [0.15, 0.2) is 42.5 Å². The van der Waals surface area contributed by atoms with Crippen LogP contribution >= 0.6 is 0 Å². The van der Waals surface area contributed by atoms with Gasteiger partial charge in [-0.15, -0.1) is 0 Å². The summed E-state index contributed by atoms with van der Waals surface area (Å²) in [5.74, 6) is -0.763. The van der Waals surface area contributed by atoms with E-state index in [1.807, 2.05) is 0 Å². The number of hydrogen-bond acceptors (Lipinski definition) is 7. The Kier molecular flexibility index (Phi) is 6.76. The van der Waals surface area contributed by atoms with Crippen LogP contribution in [-0.2, 0) is 14.3 Å². The van der Waals surface area contributed by atoms with Gasteiger partial charge in [-0.05, 0) is 42.5 Å². The van der Waals surface area contributed by atoms with Crippen molar-refractivity contribution in [3.8, 4) is 11.5 Å². The predicted octanol–water partition coefficient (Wildman–Crippen LogP) is 2.29. The molecule has 0 saturated carbocycles. The zero-order chi connectivity index (χ0) is 19.8. The van der Waals surface area contributed by atoms with Gasteiger partial charge in [-0.2, -0.15) is 0 Å². The zero-order valence-electron chi connectivity index (χ0n) is 15.1. The lowest BCUT2D eigenvalue weighted by atomic mass is 10.2. The van der Waals surface area contributed by atoms with Crippen molar-refractivity contribution in [1.82, 2.24) is 0 Å². The second kappa shape index (κ2) is 9.23. The number of benzene rings is 2. The average molecular weight is 373 g/mol. The summed E-state index contributed by atoms with van der Waals surface area (Å²) >= 11 is 0. The third kappa shape index (κ3) is 5.21. The number of rotatable bonds is 7. The van der Waals surface area contributed by atoms with Crippen molar-refractivity contribution in [2.75, 3.05) is 33.3 Å². The van der Waals surface area contributed by atoms with Crippen molar-refractivity contribution < 1.29 is 33.3 Å². The number of carbonyl (C=O) groups excluding carboxylic acids is 3. The topological polar surface area (TPSA) is 100 Å². The number of amides is 1. The lowest BCUT2D eigenvalue weighted by Gasteiger charge is -2.12. The first-order chi connectivity index (χ1) is 13.0. The second-order valence-corrected chi connectivity index (χ2v) is 5.26. The van der Waals surface area contributed by atoms with E-state index in [1.165, 1.54) is 51.7 Å². The van der Waals surface area contributed by atoms with Crippen molar-refractivity contribution >= 4 is 23.5 Å². The molecule has 0 heterocycles. The van der Waals surface area contributed by atoms with E-state index in [1.54, 1.807) is 12.1 Å². The van der Waals surface area contributed by atoms with Crippen LogP contribution in [-0.4, -0.2) is 45.8 Å². The maximum Gasteiger partial charge on any atom is 0.337 e. The molecule has 0 atom stereocenters. The smallest absolute Gasteiger partial charge is 0.337 e. The first kappa shape index (κ1) is 19.8. The minimum Gasteiger partial charge on any atom is -0.493 e. The number of hydrogen-bond donors (Lipinski definition) is 1. The highest BCUT2D eigenvalue weighted by Gasteiger charge is 2.13. The molecule has 1 amide bonds. The number of anilines is 1. The number of ether oxygens (including phenoxy) is 4. The molecule has 142 valence electrons. The van der Waals surface area contributed by atoms with E-state index in [9.17, 15) is 14.4 Å². The summed E-state index contributed by atoms with van der Waals surface area (Å²) in [6.45, 7) is -0.271. The molecule has 0 unspecified atom stereocenters. The molecule has 2 aromatic rings. The third-order valence-corrected chi connectivity index (χ3v) is 3.53. The summed E-state index contributed by atoms with van der Waals surface area (Å²) in [6, 6.07) is 10.7. The van der Waals surface area contributed by atoms with Crippen LogP contribution in [0.2, 0.25) is 0 Å². The Hall–Kier alpha value is -3.55. The summed E-state index contributed by atoms with van der Waals surface area (Å²) in [5, 5.41) is 2.64. The van der Waals surface area contributed by atoms with Crippen LogP contribution in [0.4, 0.5) is 5.69 Å². The van der Waals surface area contributed by atoms with E-state index in [-0.39, 0.29) is 6.61 Å². The van der Waals surface area contributed by atoms with Crippen LogP contribution in [0.3, 0.4) is 0 Å². The van der Waals surface area contributed by atoms with Crippen molar-refractivity contribution in [2.24, 2.45) is 0 Å². The molecule has 0 fully saturated rings. The van der Waals surface area contributed by atoms with E-state index in [4.69, 9.17) is 9.47 Å². The monoisotopic (exact) mass is 373 g/mol. The summed E-state index contributed by atoms with van der Waals surface area (Å²) in [5.41, 5.74) is 1.18. The van der Waals surface area contributed by atoms with Gasteiger partial charge in [-0.25, -0.2) is 9.59 Å². The Morgan fingerprint density at radius 1 is 0.815 bits per heavy atom. The van der Waals surface area contributed by atoms with Gasteiger partial charge in [-0.3, -0.25) is 4.79 Å². The van der Waals surface area contributed by atoms with Gasteiger partial charge in [-0.1, -0.05) is 0 Å². The molecule has 1 N–H and O–H groups in total. The summed E-state index contributed by atoms with van der Waals surface area (Å²) in [7, 11) is 3.99. The van der Waals surface area contributed by atoms with Gasteiger partial charge in [0.2, 0.25) is 0 Å². The number of esters is 2. The van der Waals surface area contributed by atoms with Crippen LogP contribution in [0.5, 0.6) is 11.5 Å². The minimum atomic E-state index is -0.506. The van der Waals surface area contributed by atoms with E-state index in [0.717, 1.165) is 0 Å². The van der Waals surface area contributed by atoms with Crippen LogP contribution in [0.25, 0.3) is 0 Å². The van der Waals surface area contributed by atoms with Gasteiger partial charge in [0.15, 0.2) is 18.1 Å². The molecule has 0 aliphatic heterocycles. The first-order valence-electron chi connectivity index (χ1n) is 7.86. The highest BCUT2D eigenvalue weighted by Crippen LogP contribution is 2.28. The fraction of sp³-hybridized carbons (Fsp3) is 0.211. The fourth-order valence-corrected chi connectivity index (χ4v) is 2.18. The SMILES string of the molecule is COC(=O)c1ccc(NC(=O)COc2ccc(C(=O)OC)cc2OC)cc1. The van der Waals surface area contributed by atoms with E-state index in [2.05, 4.69) is 14.8 Å². The molecule has 0 saturated heterocycles. The minimum absolute atomic E-state index is 0.271. The van der Waals surface area contributed by atoms with Gasteiger partial charge in [0.25, 0.3) is 5.91 Å². The molecular weight excluding hydrogens is 354 g/mol. The lowest BCUT2D eigenvalue weighted by Crippen LogP contribution is -2.20. The van der Waals surface area contributed by atoms with Crippen LogP contribution in [0.1, 0.15) is 20.7 Å². The van der Waals surface area contributed by atoms with Gasteiger partial charge < -0.3 is 24.3 Å². The van der Waals surface area contributed by atoms with Gasteiger partial charge in [0.1, 0.15) is 0 Å². The standard InChI is InChI=1S/C19H19NO7/c1-24-16-10-13(19(23)26-3)6-9-15(16)27-11-17(21)20-14-7-4-12(5-8-14)18(22)25-2/h4-10H,11H2,1-3H3,(H,20,21). The van der Waals surface area contributed by atoms with Crippen molar-refractivity contribution in [3.05, 3.63) is 53.6 Å². The van der Waals surface area contributed by atoms with Gasteiger partial charge in [0.05, 0.1) is 32.5 Å². The fourth-order valence-electron chi connectivity index (χ4n) is 2.18. The Morgan fingerprint density at radius 3 is 2.00 bits per heavy atom. The average Bonchev–Trinajstić information content (AvgIpc) is 2.71. The summed E-state index contributed by atoms with van der Waals surface area (Å²) in [4.78, 5) is 35.0. The van der Waals surface area contributed by atoms with Crippen LogP contribution < -0.4 is 14.8 Å². The molecule has 0 aliphatic rings. The van der Waals surface area contributed by atoms with Gasteiger partial charge in [0, 0.05) is 5.69 Å². The molecule has 8 nitrogen and oxygen atoms in total. The van der Waals surface area contributed by atoms with Crippen molar-refractivity contribution in [1.29, 1.82) is 0 Å². The molecule has 0 spiro atoms. The molecule has 2 aromatic carbocycles. The zero-order valence-corrected chi connectivity index (χ0v) is 15.1. The summed E-state index contributed by atoms with van der Waals surface area (Å²) in [6.07, 6.45) is 0. The van der Waals surface area contributed by atoms with Crippen LogP contribution in [0, 0.1) is 0 Å². The maximum atomic E-state index is 12.0. The van der Waals surface area contributed by atoms with Crippen molar-refractivity contribution in [3.63, 3.8) is 0 Å². The highest BCUT2D eigenvalue weighted by molar-refractivity contribution is 5.94. The lowest BCUT2D eigenvalue weighted by molar-refractivity contribution is -0.118. The highest BCUT2D eigenvalue weighted by atomic mass is 16.5. The van der Waals surface area contributed by atoms with E-state index >= 15 is 0 Å². The number of methoxy groups -OCH3 is 3. The number of nitrogens with one attached hydrogen (secondary N) is 1. The maximum absolute atomic E-state index is 12.0. The molecule has 0 bridgehead atoms. The predicted molar refractivity (Wildman–Crippen MR) is 96.2 cm³/mol. The second-order valence-electron chi connectivity index (χ2n) is 5.26. The molecule has 0 aliphatic carbocycles. The van der Waals surface area contributed by atoms with E-state index < -0.39 is 17.8 Å². The molecular formula is C19H19NO7. The molecule has 27 heavy (non-hydrogen) atoms. The van der Waals surface area contributed by atoms with E-state index in [0.29, 0.717) is 28.3 Å². The Balaban J connectivity index is 1.97. The molecule has 2 rings (SSSR count). The summed E-state index contributed by atoms with van der Waals surface area (Å²) < 4.78 is 19.9. The Morgan fingerprint density at radius 2 is 1.41 bits per heavy atom. The molecule has 0 aromatic heterocycles. The number of carbonyl (C=O) groups is 3. The Bertz CT molecular complexity index is 830. The van der Waals surface area contributed by atoms with Gasteiger partial charge >= 0.3 is 11.9 Å². The quantitative estimate of drug-likeness (QED) is 0.743. The first-order valence-corrected chi connectivity index (χ1v) is 7.86. The normalized spacial score (nSPS) is 9.89. The Labute approximate surface area is 156 Å². The largest absolute Gasteiger partial charge is 0.493 e. The third-order valence-electron chi connectivity index (χ3n) is 3.53. The molecule has 0 radical (unpaired) electrons. The van der Waals surface area contributed by atoms with Crippen molar-refractivity contribution in [2.45, 2.75) is 0 Å². The molecule has 8 heteroatoms.